The second-order valence-corrected chi connectivity index (χ2v) is 7.97. The molecular formula is C16H21FN2O5S. The van der Waals surface area contributed by atoms with E-state index in [0.29, 0.717) is 12.8 Å². The highest BCUT2D eigenvalue weighted by Crippen LogP contribution is 2.21. The van der Waals surface area contributed by atoms with Crippen molar-refractivity contribution in [2.45, 2.75) is 25.9 Å². The van der Waals surface area contributed by atoms with Gasteiger partial charge in [-0.05, 0) is 31.9 Å². The van der Waals surface area contributed by atoms with Gasteiger partial charge in [-0.25, -0.2) is 17.1 Å². The molecule has 0 bridgehead atoms. The Balaban J connectivity index is 1.86. The molecule has 0 radical (unpaired) electrons. The van der Waals surface area contributed by atoms with Crippen LogP contribution in [0.3, 0.4) is 0 Å². The van der Waals surface area contributed by atoms with Crippen LogP contribution in [0.15, 0.2) is 24.3 Å². The molecule has 1 atom stereocenters. The number of nitrogens with zero attached hydrogens (tertiary/aromatic N) is 1. The fraction of sp³-hybridized carbons (Fsp3) is 0.500. The number of rotatable bonds is 5. The Morgan fingerprint density at radius 2 is 1.88 bits per heavy atom. The van der Waals surface area contributed by atoms with Crippen molar-refractivity contribution in [2.75, 3.05) is 24.7 Å². The number of sulfonamides is 1. The maximum absolute atomic E-state index is 13.5. The average molecular weight is 372 g/mol. The number of nitrogens with one attached hydrogen (secondary N) is 1. The molecule has 1 heterocycles. The summed E-state index contributed by atoms with van der Waals surface area (Å²) in [6.07, 6.45) is 0.724. The van der Waals surface area contributed by atoms with Gasteiger partial charge in [0.25, 0.3) is 5.91 Å². The van der Waals surface area contributed by atoms with Crippen molar-refractivity contribution < 1.29 is 27.1 Å². The minimum absolute atomic E-state index is 0.0110. The van der Waals surface area contributed by atoms with E-state index in [4.69, 9.17) is 4.74 Å². The number of anilines is 1. The lowest BCUT2D eigenvalue weighted by molar-refractivity contribution is -0.158. The number of carbonyl (C=O) groups excluding carboxylic acids is 2. The van der Waals surface area contributed by atoms with Crippen LogP contribution >= 0.6 is 0 Å². The maximum Gasteiger partial charge on any atom is 0.309 e. The van der Waals surface area contributed by atoms with Crippen LogP contribution in [0.25, 0.3) is 0 Å². The van der Waals surface area contributed by atoms with E-state index in [9.17, 15) is 22.4 Å². The van der Waals surface area contributed by atoms with Crippen molar-refractivity contribution in [1.29, 1.82) is 0 Å². The SMILES string of the molecule is CC(OC(=O)C1CCN(S(C)(=O)=O)CC1)C(=O)Nc1ccccc1F. The topological polar surface area (TPSA) is 92.8 Å². The molecule has 1 aromatic rings. The first-order valence-corrected chi connectivity index (χ1v) is 9.74. The number of benzene rings is 1. The summed E-state index contributed by atoms with van der Waals surface area (Å²) in [4.78, 5) is 24.2. The first kappa shape index (κ1) is 19.3. The van der Waals surface area contributed by atoms with Gasteiger partial charge in [0.15, 0.2) is 6.10 Å². The number of esters is 1. The van der Waals surface area contributed by atoms with E-state index in [-0.39, 0.29) is 18.8 Å². The van der Waals surface area contributed by atoms with Gasteiger partial charge in [-0.2, -0.15) is 0 Å². The van der Waals surface area contributed by atoms with Crippen LogP contribution < -0.4 is 5.32 Å². The molecule has 7 nitrogen and oxygen atoms in total. The van der Waals surface area contributed by atoms with Crippen LogP contribution in [0.4, 0.5) is 10.1 Å². The molecule has 1 amide bonds. The standard InChI is InChI=1S/C16H21FN2O5S/c1-11(15(20)18-14-6-4-3-5-13(14)17)24-16(21)12-7-9-19(10-8-12)25(2,22)23/h3-6,11-12H,7-10H2,1-2H3,(H,18,20). The van der Waals surface area contributed by atoms with Gasteiger partial charge in [0.2, 0.25) is 10.0 Å². The van der Waals surface area contributed by atoms with Crippen LogP contribution in [0.1, 0.15) is 19.8 Å². The zero-order valence-electron chi connectivity index (χ0n) is 14.1. The van der Waals surface area contributed by atoms with E-state index in [2.05, 4.69) is 5.32 Å². The van der Waals surface area contributed by atoms with E-state index in [1.165, 1.54) is 29.4 Å². The summed E-state index contributed by atoms with van der Waals surface area (Å²) in [7, 11) is -3.27. The van der Waals surface area contributed by atoms with Gasteiger partial charge in [-0.3, -0.25) is 9.59 Å². The molecule has 1 unspecified atom stereocenters. The molecule has 1 aliphatic heterocycles. The molecule has 0 saturated carbocycles. The first-order chi connectivity index (χ1) is 11.7. The van der Waals surface area contributed by atoms with Crippen LogP contribution in [-0.4, -0.2) is 50.0 Å². The van der Waals surface area contributed by atoms with Crippen molar-refractivity contribution in [3.05, 3.63) is 30.1 Å². The molecule has 0 aliphatic carbocycles. The van der Waals surface area contributed by atoms with E-state index in [1.54, 1.807) is 6.07 Å². The molecule has 0 aromatic heterocycles. The van der Waals surface area contributed by atoms with Crippen molar-refractivity contribution in [3.8, 4) is 0 Å². The lowest BCUT2D eigenvalue weighted by Gasteiger charge is -2.29. The normalized spacial score (nSPS) is 17.7. The zero-order chi connectivity index (χ0) is 18.6. The Kier molecular flexibility index (Phi) is 6.12. The van der Waals surface area contributed by atoms with Gasteiger partial charge in [0.1, 0.15) is 5.82 Å². The summed E-state index contributed by atoms with van der Waals surface area (Å²) in [6.45, 7) is 1.89. The second-order valence-electron chi connectivity index (χ2n) is 5.98. The van der Waals surface area contributed by atoms with E-state index < -0.39 is 39.7 Å². The van der Waals surface area contributed by atoms with Gasteiger partial charge in [-0.15, -0.1) is 0 Å². The quantitative estimate of drug-likeness (QED) is 0.788. The van der Waals surface area contributed by atoms with Gasteiger partial charge < -0.3 is 10.1 Å². The van der Waals surface area contributed by atoms with Gasteiger partial charge in [0, 0.05) is 13.1 Å². The summed E-state index contributed by atoms with van der Waals surface area (Å²) in [5.41, 5.74) is 0.0110. The maximum atomic E-state index is 13.5. The van der Waals surface area contributed by atoms with Crippen molar-refractivity contribution in [1.82, 2.24) is 4.31 Å². The minimum atomic E-state index is -3.27. The number of piperidine rings is 1. The Labute approximate surface area is 146 Å². The van der Waals surface area contributed by atoms with Gasteiger partial charge in [-0.1, -0.05) is 12.1 Å². The van der Waals surface area contributed by atoms with Crippen LogP contribution in [0, 0.1) is 11.7 Å². The van der Waals surface area contributed by atoms with Crippen molar-refractivity contribution in [2.24, 2.45) is 5.92 Å². The number of halogens is 1. The molecule has 2 rings (SSSR count). The van der Waals surface area contributed by atoms with Crippen molar-refractivity contribution >= 4 is 27.6 Å². The molecule has 9 heteroatoms. The number of amides is 1. The Morgan fingerprint density at radius 3 is 2.44 bits per heavy atom. The van der Waals surface area contributed by atoms with Crippen LogP contribution in [0.5, 0.6) is 0 Å². The zero-order valence-corrected chi connectivity index (χ0v) is 14.9. The number of ether oxygens (including phenoxy) is 1. The molecule has 25 heavy (non-hydrogen) atoms. The highest BCUT2D eigenvalue weighted by Gasteiger charge is 2.31. The fourth-order valence-electron chi connectivity index (χ4n) is 2.54. The molecule has 1 fully saturated rings. The predicted octanol–water partition coefficient (Wildman–Crippen LogP) is 1.37. The average Bonchev–Trinajstić information content (AvgIpc) is 2.56. The summed E-state index contributed by atoms with van der Waals surface area (Å²) in [5.74, 6) is -2.22. The Hall–Kier alpha value is -2.00. The summed E-state index contributed by atoms with van der Waals surface area (Å²) in [5, 5.41) is 2.37. The molecule has 1 N–H and O–H groups in total. The number of para-hydroxylation sites is 1. The smallest absolute Gasteiger partial charge is 0.309 e. The molecule has 0 spiro atoms. The third-order valence-corrected chi connectivity index (χ3v) is 5.35. The van der Waals surface area contributed by atoms with E-state index >= 15 is 0 Å². The Morgan fingerprint density at radius 1 is 1.28 bits per heavy atom. The monoisotopic (exact) mass is 372 g/mol. The molecule has 138 valence electrons. The number of hydrogen-bond acceptors (Lipinski definition) is 5. The van der Waals surface area contributed by atoms with Gasteiger partial charge >= 0.3 is 5.97 Å². The summed E-state index contributed by atoms with van der Waals surface area (Å²) >= 11 is 0. The van der Waals surface area contributed by atoms with Gasteiger partial charge in [0.05, 0.1) is 17.9 Å². The van der Waals surface area contributed by atoms with Crippen LogP contribution in [-0.2, 0) is 24.3 Å². The number of carbonyl (C=O) groups is 2. The first-order valence-electron chi connectivity index (χ1n) is 7.89. The summed E-state index contributed by atoms with van der Waals surface area (Å²) in [6, 6.07) is 5.69. The molecular weight excluding hydrogens is 351 g/mol. The molecule has 1 saturated heterocycles. The van der Waals surface area contributed by atoms with E-state index in [0.717, 1.165) is 6.26 Å². The Bertz CT molecular complexity index is 745. The van der Waals surface area contributed by atoms with Crippen LogP contribution in [0.2, 0.25) is 0 Å². The lowest BCUT2D eigenvalue weighted by atomic mass is 9.98. The minimum Gasteiger partial charge on any atom is -0.452 e. The third kappa shape index (κ3) is 5.23. The second kappa shape index (κ2) is 7.92. The number of hydrogen-bond donors (Lipinski definition) is 1. The fourth-order valence-corrected chi connectivity index (χ4v) is 3.42. The van der Waals surface area contributed by atoms with Crippen molar-refractivity contribution in [3.63, 3.8) is 0 Å². The predicted molar refractivity (Wildman–Crippen MR) is 89.7 cm³/mol. The lowest BCUT2D eigenvalue weighted by Crippen LogP contribution is -2.41. The largest absolute Gasteiger partial charge is 0.452 e. The highest BCUT2D eigenvalue weighted by molar-refractivity contribution is 7.88. The summed E-state index contributed by atoms with van der Waals surface area (Å²) < 4.78 is 42.9. The van der Waals surface area contributed by atoms with E-state index in [1.807, 2.05) is 0 Å². The molecule has 1 aliphatic rings. The third-order valence-electron chi connectivity index (χ3n) is 4.05. The highest BCUT2D eigenvalue weighted by atomic mass is 32.2. The molecule has 1 aromatic carbocycles.